The van der Waals surface area contributed by atoms with E-state index in [1.165, 1.54) is 14.2 Å². The van der Waals surface area contributed by atoms with Gasteiger partial charge < -0.3 is 9.47 Å². The fourth-order valence-corrected chi connectivity index (χ4v) is 1.27. The molecule has 5 heteroatoms. The largest absolute Gasteiger partial charge is 0.493 e. The number of carbonyl (C=O) groups is 1. The fraction of sp³-hybridized carbons (Fsp3) is 0.417. The van der Waals surface area contributed by atoms with Gasteiger partial charge in [0.2, 0.25) is 0 Å². The molecular formula is C12H16O5. The number of hydrogen-bond acceptors (Lipinski definition) is 5. The SMILES string of the molecule is CCCOOC(=O)c1cccc(OC)c1OC. The second-order valence-corrected chi connectivity index (χ2v) is 3.23. The third kappa shape index (κ3) is 3.35. The Bertz CT molecular complexity index is 375. The van der Waals surface area contributed by atoms with Crippen molar-refractivity contribution in [2.24, 2.45) is 0 Å². The molecule has 0 amide bonds. The minimum absolute atomic E-state index is 0.267. The number of carbonyl (C=O) groups excluding carboxylic acids is 1. The smallest absolute Gasteiger partial charge is 0.376 e. The molecule has 0 radical (unpaired) electrons. The molecule has 0 unspecified atom stereocenters. The van der Waals surface area contributed by atoms with Gasteiger partial charge in [0.15, 0.2) is 11.5 Å². The molecule has 0 heterocycles. The predicted octanol–water partition coefficient (Wildman–Crippen LogP) is 2.20. The van der Waals surface area contributed by atoms with E-state index in [2.05, 4.69) is 4.89 Å². The molecule has 0 saturated heterocycles. The summed E-state index contributed by atoms with van der Waals surface area (Å²) in [6.07, 6.45) is 0.766. The van der Waals surface area contributed by atoms with Gasteiger partial charge in [-0.05, 0) is 18.6 Å². The maximum Gasteiger partial charge on any atom is 0.376 e. The summed E-state index contributed by atoms with van der Waals surface area (Å²) in [5.74, 6) is 0.201. The van der Waals surface area contributed by atoms with Gasteiger partial charge in [-0.3, -0.25) is 4.89 Å². The average Bonchev–Trinajstić information content (AvgIpc) is 2.37. The molecule has 0 aromatic heterocycles. The third-order valence-electron chi connectivity index (χ3n) is 2.04. The molecule has 17 heavy (non-hydrogen) atoms. The molecule has 0 atom stereocenters. The number of rotatable bonds is 6. The van der Waals surface area contributed by atoms with Crippen molar-refractivity contribution in [1.29, 1.82) is 0 Å². The molecule has 5 nitrogen and oxygen atoms in total. The Hall–Kier alpha value is -1.75. The first kappa shape index (κ1) is 13.3. The first-order chi connectivity index (χ1) is 8.24. The topological polar surface area (TPSA) is 54.0 Å². The quantitative estimate of drug-likeness (QED) is 0.433. The van der Waals surface area contributed by atoms with Crippen LogP contribution < -0.4 is 9.47 Å². The zero-order chi connectivity index (χ0) is 12.7. The molecule has 0 aliphatic carbocycles. The van der Waals surface area contributed by atoms with Crippen LogP contribution in [0.15, 0.2) is 18.2 Å². The van der Waals surface area contributed by atoms with Gasteiger partial charge in [0.05, 0.1) is 20.8 Å². The molecule has 94 valence electrons. The molecule has 0 spiro atoms. The normalized spacial score (nSPS) is 9.82. The second kappa shape index (κ2) is 6.75. The molecule has 0 fully saturated rings. The second-order valence-electron chi connectivity index (χ2n) is 3.23. The van der Waals surface area contributed by atoms with Gasteiger partial charge >= 0.3 is 5.97 Å². The summed E-state index contributed by atoms with van der Waals surface area (Å²) in [5, 5.41) is 0. The molecule has 1 aromatic rings. The minimum Gasteiger partial charge on any atom is -0.493 e. The van der Waals surface area contributed by atoms with E-state index in [1.54, 1.807) is 18.2 Å². The van der Waals surface area contributed by atoms with E-state index in [-0.39, 0.29) is 5.56 Å². The maximum absolute atomic E-state index is 11.7. The molecule has 1 rings (SSSR count). The van der Waals surface area contributed by atoms with Crippen molar-refractivity contribution in [2.45, 2.75) is 13.3 Å². The van der Waals surface area contributed by atoms with Gasteiger partial charge in [-0.1, -0.05) is 13.0 Å². The highest BCUT2D eigenvalue weighted by Crippen LogP contribution is 2.31. The van der Waals surface area contributed by atoms with E-state index in [4.69, 9.17) is 14.4 Å². The molecular weight excluding hydrogens is 224 g/mol. The van der Waals surface area contributed by atoms with Crippen LogP contribution in [0.25, 0.3) is 0 Å². The van der Waals surface area contributed by atoms with Crippen LogP contribution in [0, 0.1) is 0 Å². The molecule has 0 aliphatic heterocycles. The number of benzene rings is 1. The van der Waals surface area contributed by atoms with E-state index in [9.17, 15) is 4.79 Å². The van der Waals surface area contributed by atoms with Crippen LogP contribution in [0.4, 0.5) is 0 Å². The van der Waals surface area contributed by atoms with Crippen LogP contribution in [0.2, 0.25) is 0 Å². The zero-order valence-electron chi connectivity index (χ0n) is 10.2. The lowest BCUT2D eigenvalue weighted by atomic mass is 10.2. The van der Waals surface area contributed by atoms with E-state index in [0.717, 1.165) is 6.42 Å². The molecule has 0 aliphatic rings. The number of para-hydroxylation sites is 1. The Morgan fingerprint density at radius 2 is 2.00 bits per heavy atom. The lowest BCUT2D eigenvalue weighted by Gasteiger charge is -2.11. The maximum atomic E-state index is 11.7. The Balaban J connectivity index is 2.85. The van der Waals surface area contributed by atoms with E-state index in [0.29, 0.717) is 18.1 Å². The monoisotopic (exact) mass is 240 g/mol. The summed E-state index contributed by atoms with van der Waals surface area (Å²) in [6.45, 7) is 2.28. The van der Waals surface area contributed by atoms with Gasteiger partial charge in [0.25, 0.3) is 0 Å². The van der Waals surface area contributed by atoms with E-state index < -0.39 is 5.97 Å². The van der Waals surface area contributed by atoms with Crippen molar-refractivity contribution in [3.63, 3.8) is 0 Å². The zero-order valence-corrected chi connectivity index (χ0v) is 10.2. The van der Waals surface area contributed by atoms with Crippen LogP contribution in [-0.4, -0.2) is 26.8 Å². The fourth-order valence-electron chi connectivity index (χ4n) is 1.27. The van der Waals surface area contributed by atoms with Gasteiger partial charge in [0, 0.05) is 0 Å². The Kier molecular flexibility index (Phi) is 5.29. The third-order valence-corrected chi connectivity index (χ3v) is 2.04. The van der Waals surface area contributed by atoms with E-state index in [1.807, 2.05) is 6.92 Å². The van der Waals surface area contributed by atoms with Crippen LogP contribution in [0.1, 0.15) is 23.7 Å². The summed E-state index contributed by atoms with van der Waals surface area (Å²) in [7, 11) is 2.96. The average molecular weight is 240 g/mol. The van der Waals surface area contributed by atoms with Crippen LogP contribution in [0.5, 0.6) is 11.5 Å². The first-order valence-electron chi connectivity index (χ1n) is 5.29. The first-order valence-corrected chi connectivity index (χ1v) is 5.29. The van der Waals surface area contributed by atoms with E-state index >= 15 is 0 Å². The Morgan fingerprint density at radius 1 is 1.24 bits per heavy atom. The summed E-state index contributed by atoms with van der Waals surface area (Å²) < 4.78 is 10.2. The van der Waals surface area contributed by atoms with Crippen molar-refractivity contribution < 1.29 is 24.0 Å². The Morgan fingerprint density at radius 3 is 2.59 bits per heavy atom. The predicted molar refractivity (Wildman–Crippen MR) is 61.2 cm³/mol. The standard InChI is InChI=1S/C12H16O5/c1-4-8-16-17-12(13)9-6-5-7-10(14-2)11(9)15-3/h5-7H,4,8H2,1-3H3. The van der Waals surface area contributed by atoms with Crippen LogP contribution in [0.3, 0.4) is 0 Å². The summed E-state index contributed by atoms with van der Waals surface area (Å²) in [4.78, 5) is 21.0. The van der Waals surface area contributed by atoms with Gasteiger partial charge in [-0.25, -0.2) is 4.79 Å². The van der Waals surface area contributed by atoms with Crippen molar-refractivity contribution >= 4 is 5.97 Å². The van der Waals surface area contributed by atoms with Crippen LogP contribution in [-0.2, 0) is 9.78 Å². The lowest BCUT2D eigenvalue weighted by molar-refractivity contribution is -0.240. The molecule has 0 saturated carbocycles. The summed E-state index contributed by atoms with van der Waals surface area (Å²) >= 11 is 0. The van der Waals surface area contributed by atoms with Gasteiger partial charge in [-0.15, -0.1) is 0 Å². The number of methoxy groups -OCH3 is 2. The minimum atomic E-state index is -0.603. The Labute approximate surface area is 100 Å². The number of ether oxygens (including phenoxy) is 2. The van der Waals surface area contributed by atoms with Gasteiger partial charge in [0.1, 0.15) is 5.56 Å². The van der Waals surface area contributed by atoms with Crippen molar-refractivity contribution in [2.75, 3.05) is 20.8 Å². The van der Waals surface area contributed by atoms with Crippen molar-refractivity contribution in [3.8, 4) is 11.5 Å². The molecule has 1 aromatic carbocycles. The summed E-state index contributed by atoms with van der Waals surface area (Å²) in [5.41, 5.74) is 0.267. The number of hydrogen-bond donors (Lipinski definition) is 0. The van der Waals surface area contributed by atoms with Crippen molar-refractivity contribution in [1.82, 2.24) is 0 Å². The van der Waals surface area contributed by atoms with Crippen molar-refractivity contribution in [3.05, 3.63) is 23.8 Å². The van der Waals surface area contributed by atoms with Gasteiger partial charge in [-0.2, -0.15) is 4.89 Å². The highest BCUT2D eigenvalue weighted by molar-refractivity contribution is 5.93. The van der Waals surface area contributed by atoms with Crippen LogP contribution >= 0.6 is 0 Å². The highest BCUT2D eigenvalue weighted by atomic mass is 17.2. The highest BCUT2D eigenvalue weighted by Gasteiger charge is 2.18. The molecule has 0 bridgehead atoms. The summed E-state index contributed by atoms with van der Waals surface area (Å²) in [6, 6.07) is 4.96. The molecule has 0 N–H and O–H groups in total. The lowest BCUT2D eigenvalue weighted by Crippen LogP contribution is -2.09.